The Hall–Kier alpha value is -1.02. The van der Waals surface area contributed by atoms with E-state index >= 15 is 0 Å². The number of nitrogens with zero attached hydrogens (tertiary/aromatic N) is 1. The highest BCUT2D eigenvalue weighted by Gasteiger charge is 2.26. The predicted molar refractivity (Wildman–Crippen MR) is 206 cm³/mol. The second-order valence-electron chi connectivity index (χ2n) is 14.7. The maximum Gasteiger partial charge on any atom is 0.472 e. The number of allylic oxidation sites excluding steroid dienone is 4. The van der Waals surface area contributed by atoms with Gasteiger partial charge in [-0.2, -0.15) is 0 Å². The highest BCUT2D eigenvalue weighted by Crippen LogP contribution is 2.43. The van der Waals surface area contributed by atoms with Gasteiger partial charge in [0.15, 0.2) is 0 Å². The number of carbonyl (C=O) groups excluding carboxylic acids is 1. The number of hydrogen-bond acceptors (Lipinski definition) is 6. The lowest BCUT2D eigenvalue weighted by Crippen LogP contribution is -2.37. The summed E-state index contributed by atoms with van der Waals surface area (Å²) in [6.07, 6.45) is 36.3. The monoisotopic (exact) mass is 717 g/mol. The van der Waals surface area contributed by atoms with Gasteiger partial charge >= 0.3 is 13.8 Å². The van der Waals surface area contributed by atoms with Crippen molar-refractivity contribution in [1.82, 2.24) is 0 Å². The van der Waals surface area contributed by atoms with E-state index in [-0.39, 0.29) is 25.8 Å². The van der Waals surface area contributed by atoms with Gasteiger partial charge in [-0.3, -0.25) is 13.8 Å². The van der Waals surface area contributed by atoms with Crippen LogP contribution in [0.4, 0.5) is 0 Å². The van der Waals surface area contributed by atoms with Crippen LogP contribution < -0.4 is 0 Å². The number of phosphoric ester groups is 1. The molecule has 0 spiro atoms. The Morgan fingerprint density at radius 2 is 1.12 bits per heavy atom. The molecule has 0 heterocycles. The van der Waals surface area contributed by atoms with Gasteiger partial charge < -0.3 is 18.9 Å². The molecule has 49 heavy (non-hydrogen) atoms. The lowest BCUT2D eigenvalue weighted by molar-refractivity contribution is -0.870. The molecule has 0 rings (SSSR count). The van der Waals surface area contributed by atoms with Crippen LogP contribution in [0.25, 0.3) is 0 Å². The fourth-order valence-corrected chi connectivity index (χ4v) is 6.09. The standard InChI is InChI=1S/C40H78NO7P/c1-6-8-10-12-14-16-18-19-20-21-22-23-24-26-28-30-32-35-45-37-39(38-47-49(43,44)46-36-34-41(3,4)5)48-40(42)33-31-29-27-25-17-15-13-11-9-7-2/h16,18,20-21,39H,6-15,17,19,22-38H2,1-5H3/p+1/b18-16-,21-20-. The zero-order valence-electron chi connectivity index (χ0n) is 32.7. The third kappa shape index (κ3) is 38.1. The lowest BCUT2D eigenvalue weighted by Gasteiger charge is -2.24. The van der Waals surface area contributed by atoms with Gasteiger partial charge in [-0.05, 0) is 44.9 Å². The molecule has 8 nitrogen and oxygen atoms in total. The molecule has 0 amide bonds. The molecule has 0 saturated heterocycles. The van der Waals surface area contributed by atoms with Gasteiger partial charge in [0, 0.05) is 13.0 Å². The fraction of sp³-hybridized carbons (Fsp3) is 0.875. The number of phosphoric acid groups is 1. The number of esters is 1. The summed E-state index contributed by atoms with van der Waals surface area (Å²) in [5.41, 5.74) is 0. The van der Waals surface area contributed by atoms with Crippen molar-refractivity contribution < 1.29 is 37.3 Å². The van der Waals surface area contributed by atoms with Crippen molar-refractivity contribution >= 4 is 13.8 Å². The molecule has 0 aliphatic heterocycles. The van der Waals surface area contributed by atoms with Gasteiger partial charge in [0.25, 0.3) is 0 Å². The molecule has 2 atom stereocenters. The van der Waals surface area contributed by atoms with Gasteiger partial charge in [-0.1, -0.05) is 141 Å². The molecular formula is C40H79NO7P+. The van der Waals surface area contributed by atoms with Gasteiger partial charge in [0.2, 0.25) is 0 Å². The summed E-state index contributed by atoms with van der Waals surface area (Å²) < 4.78 is 34.8. The SMILES string of the molecule is CCCCCC/C=C\C/C=C\CCCCCCCCOCC(COP(=O)(O)OCC[N+](C)(C)C)OC(=O)CCCCCCCCCCCC. The third-order valence-corrected chi connectivity index (χ3v) is 9.50. The summed E-state index contributed by atoms with van der Waals surface area (Å²) in [6.45, 7) is 5.57. The van der Waals surface area contributed by atoms with E-state index in [1.807, 2.05) is 21.1 Å². The largest absolute Gasteiger partial charge is 0.472 e. The van der Waals surface area contributed by atoms with Crippen LogP contribution in [0.1, 0.15) is 168 Å². The second kappa shape index (κ2) is 34.1. The third-order valence-electron chi connectivity index (χ3n) is 8.52. The number of unbranched alkanes of at least 4 members (excludes halogenated alkanes) is 19. The molecule has 0 fully saturated rings. The number of likely N-dealkylation sites (N-methyl/N-ethyl adjacent to an activating group) is 1. The van der Waals surface area contributed by atoms with E-state index in [2.05, 4.69) is 38.2 Å². The number of rotatable bonds is 37. The average molecular weight is 717 g/mol. The average Bonchev–Trinajstić information content (AvgIpc) is 3.04. The molecule has 0 bridgehead atoms. The molecule has 1 N–H and O–H groups in total. The Labute approximate surface area is 303 Å². The first-order valence-electron chi connectivity index (χ1n) is 20.1. The van der Waals surface area contributed by atoms with Crippen LogP contribution in [0, 0.1) is 0 Å². The van der Waals surface area contributed by atoms with Crippen LogP contribution in [0.15, 0.2) is 24.3 Å². The van der Waals surface area contributed by atoms with E-state index < -0.39 is 13.9 Å². The van der Waals surface area contributed by atoms with Crippen molar-refractivity contribution in [3.05, 3.63) is 24.3 Å². The van der Waals surface area contributed by atoms with Gasteiger partial charge in [-0.15, -0.1) is 0 Å². The number of ether oxygens (including phenoxy) is 2. The van der Waals surface area contributed by atoms with Crippen LogP contribution in [-0.2, 0) is 27.9 Å². The number of quaternary nitrogens is 1. The van der Waals surface area contributed by atoms with Gasteiger partial charge in [0.1, 0.15) is 19.3 Å². The molecule has 0 aliphatic rings. The van der Waals surface area contributed by atoms with Gasteiger partial charge in [0.05, 0.1) is 34.4 Å². The molecular weight excluding hydrogens is 637 g/mol. The summed E-state index contributed by atoms with van der Waals surface area (Å²) in [5, 5.41) is 0. The first-order valence-corrected chi connectivity index (χ1v) is 21.6. The van der Waals surface area contributed by atoms with Crippen molar-refractivity contribution in [3.63, 3.8) is 0 Å². The lowest BCUT2D eigenvalue weighted by atomic mass is 10.1. The van der Waals surface area contributed by atoms with Crippen LogP contribution in [0.2, 0.25) is 0 Å². The van der Waals surface area contributed by atoms with Crippen LogP contribution >= 0.6 is 7.82 Å². The second-order valence-corrected chi connectivity index (χ2v) is 16.1. The molecule has 2 unspecified atom stereocenters. The Morgan fingerprint density at radius 1 is 0.633 bits per heavy atom. The van der Waals surface area contributed by atoms with E-state index in [4.69, 9.17) is 18.5 Å². The van der Waals surface area contributed by atoms with E-state index in [0.717, 1.165) is 44.9 Å². The summed E-state index contributed by atoms with van der Waals surface area (Å²) in [7, 11) is 1.66. The summed E-state index contributed by atoms with van der Waals surface area (Å²) in [6, 6.07) is 0. The normalized spacial score (nSPS) is 14.2. The molecule has 290 valence electrons. The minimum atomic E-state index is -4.27. The topological polar surface area (TPSA) is 91.3 Å². The van der Waals surface area contributed by atoms with E-state index in [1.165, 1.54) is 103 Å². The Kier molecular flexibility index (Phi) is 33.4. The van der Waals surface area contributed by atoms with E-state index in [1.54, 1.807) is 0 Å². The maximum atomic E-state index is 12.6. The molecule has 9 heteroatoms. The highest BCUT2D eigenvalue weighted by atomic mass is 31.2. The number of carbonyl (C=O) groups is 1. The molecule has 0 aliphatic carbocycles. The zero-order chi connectivity index (χ0) is 36.3. The highest BCUT2D eigenvalue weighted by molar-refractivity contribution is 7.47. The maximum absolute atomic E-state index is 12.6. The predicted octanol–water partition coefficient (Wildman–Crippen LogP) is 11.3. The van der Waals surface area contributed by atoms with Gasteiger partial charge in [-0.25, -0.2) is 4.57 Å². The van der Waals surface area contributed by atoms with Crippen molar-refractivity contribution in [2.45, 2.75) is 174 Å². The van der Waals surface area contributed by atoms with Crippen LogP contribution in [0.3, 0.4) is 0 Å². The summed E-state index contributed by atoms with van der Waals surface area (Å²) >= 11 is 0. The minimum Gasteiger partial charge on any atom is -0.457 e. The zero-order valence-corrected chi connectivity index (χ0v) is 33.6. The van der Waals surface area contributed by atoms with E-state index in [0.29, 0.717) is 24.1 Å². The fourth-order valence-electron chi connectivity index (χ4n) is 5.35. The molecule has 0 aromatic heterocycles. The molecule has 0 saturated carbocycles. The molecule has 0 radical (unpaired) electrons. The minimum absolute atomic E-state index is 0.0879. The smallest absolute Gasteiger partial charge is 0.457 e. The van der Waals surface area contributed by atoms with E-state index in [9.17, 15) is 14.3 Å². The molecule has 0 aromatic rings. The Bertz CT molecular complexity index is 843. The Morgan fingerprint density at radius 3 is 1.67 bits per heavy atom. The van der Waals surface area contributed by atoms with Crippen molar-refractivity contribution in [3.8, 4) is 0 Å². The first-order chi connectivity index (χ1) is 23.6. The van der Waals surface area contributed by atoms with Crippen LogP contribution in [-0.4, -0.2) is 75.6 Å². The van der Waals surface area contributed by atoms with Crippen LogP contribution in [0.5, 0.6) is 0 Å². The summed E-state index contributed by atoms with van der Waals surface area (Å²) in [4.78, 5) is 22.7. The Balaban J connectivity index is 4.25. The summed E-state index contributed by atoms with van der Waals surface area (Å²) in [5.74, 6) is -0.320. The molecule has 0 aromatic carbocycles. The van der Waals surface area contributed by atoms with Crippen molar-refractivity contribution in [2.75, 3.05) is 54.1 Å². The van der Waals surface area contributed by atoms with Crippen molar-refractivity contribution in [2.24, 2.45) is 0 Å². The van der Waals surface area contributed by atoms with Crippen molar-refractivity contribution in [1.29, 1.82) is 0 Å². The number of hydrogen-bond donors (Lipinski definition) is 1. The first kappa shape index (κ1) is 48.0. The quantitative estimate of drug-likeness (QED) is 0.0225.